The Balaban J connectivity index is 1.80. The van der Waals surface area contributed by atoms with Crippen molar-refractivity contribution < 1.29 is 14.7 Å². The fourth-order valence-corrected chi connectivity index (χ4v) is 2.51. The lowest BCUT2D eigenvalue weighted by Crippen LogP contribution is -2.18. The van der Waals surface area contributed by atoms with E-state index >= 15 is 0 Å². The molecule has 126 valence electrons. The van der Waals surface area contributed by atoms with E-state index in [9.17, 15) is 14.7 Å². The lowest BCUT2D eigenvalue weighted by Gasteiger charge is -2.00. The Labute approximate surface area is 143 Å². The Hall–Kier alpha value is -3.61. The first-order valence-corrected chi connectivity index (χ1v) is 7.53. The molecule has 7 heteroatoms. The van der Waals surface area contributed by atoms with Crippen LogP contribution in [-0.2, 0) is 11.3 Å². The monoisotopic (exact) mass is 336 g/mol. The molecule has 0 atom stereocenters. The number of primary amides is 1. The fraction of sp³-hybridized carbons (Fsp3) is 0.0556. The number of hydrogen-bond donors (Lipinski definition) is 3. The third-order valence-electron chi connectivity index (χ3n) is 3.64. The topological polar surface area (TPSA) is 110 Å². The predicted octanol–water partition coefficient (Wildman–Crippen LogP) is 1.60. The van der Waals surface area contributed by atoms with Gasteiger partial charge in [-0.15, -0.1) is 0 Å². The smallest absolute Gasteiger partial charge is 0.271 e. The summed E-state index contributed by atoms with van der Waals surface area (Å²) in [6.45, 7) is 0.0637. The van der Waals surface area contributed by atoms with Crippen LogP contribution in [-0.4, -0.2) is 27.7 Å². The van der Waals surface area contributed by atoms with Crippen molar-refractivity contribution in [3.8, 4) is 5.75 Å². The first-order chi connectivity index (χ1) is 12.0. The molecule has 0 saturated heterocycles. The second-order valence-electron chi connectivity index (χ2n) is 5.44. The molecule has 1 heterocycles. The molecular weight excluding hydrogens is 320 g/mol. The molecular formula is C18H16N4O3. The molecule has 0 spiro atoms. The van der Waals surface area contributed by atoms with Crippen LogP contribution in [0.4, 0.5) is 0 Å². The van der Waals surface area contributed by atoms with Gasteiger partial charge < -0.3 is 15.4 Å². The molecule has 2 amide bonds. The summed E-state index contributed by atoms with van der Waals surface area (Å²) in [5, 5.41) is 14.1. The standard InChI is InChI=1S/C18H16N4O3/c19-17(24)11-22-10-13(15-3-1-2-4-16(15)22)9-20-21-18(25)12-5-7-14(23)8-6-12/h1-10,23H,11H2,(H2,19,24)(H,21,25)/b20-9-. The van der Waals surface area contributed by atoms with Crippen LogP contribution in [0.15, 0.2) is 59.8 Å². The zero-order valence-electron chi connectivity index (χ0n) is 13.2. The number of carbonyl (C=O) groups is 2. The van der Waals surface area contributed by atoms with Gasteiger partial charge >= 0.3 is 0 Å². The summed E-state index contributed by atoms with van der Waals surface area (Å²) in [5.74, 6) is -0.746. The second kappa shape index (κ2) is 6.88. The van der Waals surface area contributed by atoms with E-state index in [-0.39, 0.29) is 12.3 Å². The number of hydrazone groups is 1. The van der Waals surface area contributed by atoms with Gasteiger partial charge in [0.15, 0.2) is 0 Å². The van der Waals surface area contributed by atoms with Crippen LogP contribution < -0.4 is 11.2 Å². The van der Waals surface area contributed by atoms with Crippen LogP contribution in [0.3, 0.4) is 0 Å². The lowest BCUT2D eigenvalue weighted by atomic mass is 10.2. The molecule has 2 aromatic carbocycles. The van der Waals surface area contributed by atoms with Gasteiger partial charge in [0.25, 0.3) is 5.91 Å². The highest BCUT2D eigenvalue weighted by Crippen LogP contribution is 2.19. The molecule has 3 rings (SSSR count). The van der Waals surface area contributed by atoms with Crippen molar-refractivity contribution in [2.24, 2.45) is 10.8 Å². The van der Waals surface area contributed by atoms with Crippen molar-refractivity contribution in [2.45, 2.75) is 6.54 Å². The minimum Gasteiger partial charge on any atom is -0.508 e. The fourth-order valence-electron chi connectivity index (χ4n) is 2.51. The molecule has 0 bridgehead atoms. The molecule has 3 aromatic rings. The molecule has 0 aliphatic rings. The van der Waals surface area contributed by atoms with Crippen LogP contribution in [0.1, 0.15) is 15.9 Å². The number of hydrogen-bond acceptors (Lipinski definition) is 4. The number of phenols is 1. The van der Waals surface area contributed by atoms with Crippen molar-refractivity contribution in [3.05, 3.63) is 65.9 Å². The molecule has 0 fully saturated rings. The molecule has 4 N–H and O–H groups in total. The summed E-state index contributed by atoms with van der Waals surface area (Å²) in [6, 6.07) is 13.4. The number of para-hydroxylation sites is 1. The number of nitrogens with zero attached hydrogens (tertiary/aromatic N) is 2. The number of benzene rings is 2. The molecule has 0 aliphatic heterocycles. The number of rotatable bonds is 5. The maximum absolute atomic E-state index is 12.0. The number of amides is 2. The Morgan fingerprint density at radius 1 is 1.16 bits per heavy atom. The van der Waals surface area contributed by atoms with Gasteiger partial charge in [0.1, 0.15) is 12.3 Å². The number of aromatic nitrogens is 1. The quantitative estimate of drug-likeness (QED) is 0.486. The number of carbonyl (C=O) groups excluding carboxylic acids is 2. The molecule has 0 radical (unpaired) electrons. The number of phenolic OH excluding ortho intramolecular Hbond substituents is 1. The average Bonchev–Trinajstić information content (AvgIpc) is 2.93. The van der Waals surface area contributed by atoms with Crippen molar-refractivity contribution in [2.75, 3.05) is 0 Å². The van der Waals surface area contributed by atoms with Gasteiger partial charge in [-0.1, -0.05) is 18.2 Å². The lowest BCUT2D eigenvalue weighted by molar-refractivity contribution is -0.118. The van der Waals surface area contributed by atoms with E-state index in [2.05, 4.69) is 10.5 Å². The maximum atomic E-state index is 12.0. The Morgan fingerprint density at radius 2 is 1.88 bits per heavy atom. The van der Waals surface area contributed by atoms with E-state index in [0.717, 1.165) is 16.5 Å². The van der Waals surface area contributed by atoms with E-state index in [0.29, 0.717) is 5.56 Å². The number of aromatic hydroxyl groups is 1. The van der Waals surface area contributed by atoms with Crippen molar-refractivity contribution in [3.63, 3.8) is 0 Å². The predicted molar refractivity (Wildman–Crippen MR) is 94.3 cm³/mol. The van der Waals surface area contributed by atoms with E-state index in [1.165, 1.54) is 30.5 Å². The Bertz CT molecular complexity index is 958. The zero-order valence-corrected chi connectivity index (χ0v) is 13.2. The van der Waals surface area contributed by atoms with E-state index in [1.54, 1.807) is 10.8 Å². The van der Waals surface area contributed by atoms with Crippen LogP contribution in [0, 0.1) is 0 Å². The Kier molecular flexibility index (Phi) is 4.47. The van der Waals surface area contributed by atoms with Gasteiger partial charge in [-0.05, 0) is 30.3 Å². The van der Waals surface area contributed by atoms with Gasteiger partial charge in [0, 0.05) is 28.2 Å². The first kappa shape index (κ1) is 16.3. The van der Waals surface area contributed by atoms with Crippen LogP contribution in [0.25, 0.3) is 10.9 Å². The van der Waals surface area contributed by atoms with Crippen molar-refractivity contribution in [1.82, 2.24) is 9.99 Å². The van der Waals surface area contributed by atoms with Crippen molar-refractivity contribution >= 4 is 28.9 Å². The normalized spacial score (nSPS) is 11.0. The van der Waals surface area contributed by atoms with E-state index < -0.39 is 11.8 Å². The highest BCUT2D eigenvalue weighted by atomic mass is 16.3. The SMILES string of the molecule is NC(=O)Cn1cc(/C=N\NC(=O)c2ccc(O)cc2)c2ccccc21. The first-order valence-electron chi connectivity index (χ1n) is 7.53. The summed E-state index contributed by atoms with van der Waals surface area (Å²) in [5.41, 5.74) is 9.69. The summed E-state index contributed by atoms with van der Waals surface area (Å²) in [7, 11) is 0. The number of nitrogens with two attached hydrogens (primary N) is 1. The summed E-state index contributed by atoms with van der Waals surface area (Å²) >= 11 is 0. The van der Waals surface area contributed by atoms with Gasteiger partial charge in [-0.25, -0.2) is 5.43 Å². The molecule has 25 heavy (non-hydrogen) atoms. The number of fused-ring (bicyclic) bond motifs is 1. The summed E-state index contributed by atoms with van der Waals surface area (Å²) in [6.07, 6.45) is 3.27. The molecule has 0 saturated carbocycles. The third kappa shape index (κ3) is 3.66. The van der Waals surface area contributed by atoms with Crippen LogP contribution in [0.2, 0.25) is 0 Å². The van der Waals surface area contributed by atoms with Crippen LogP contribution >= 0.6 is 0 Å². The summed E-state index contributed by atoms with van der Waals surface area (Å²) < 4.78 is 1.74. The second-order valence-corrected chi connectivity index (χ2v) is 5.44. The highest BCUT2D eigenvalue weighted by molar-refractivity contribution is 6.01. The van der Waals surface area contributed by atoms with E-state index in [1.807, 2.05) is 24.3 Å². The van der Waals surface area contributed by atoms with Crippen molar-refractivity contribution in [1.29, 1.82) is 0 Å². The van der Waals surface area contributed by atoms with Gasteiger partial charge in [0.2, 0.25) is 5.91 Å². The molecule has 0 unspecified atom stereocenters. The number of nitrogens with one attached hydrogen (secondary N) is 1. The third-order valence-corrected chi connectivity index (χ3v) is 3.64. The summed E-state index contributed by atoms with van der Waals surface area (Å²) in [4.78, 5) is 23.2. The van der Waals surface area contributed by atoms with Gasteiger partial charge in [-0.3, -0.25) is 9.59 Å². The van der Waals surface area contributed by atoms with Gasteiger partial charge in [-0.2, -0.15) is 5.10 Å². The average molecular weight is 336 g/mol. The van der Waals surface area contributed by atoms with Crippen LogP contribution in [0.5, 0.6) is 5.75 Å². The maximum Gasteiger partial charge on any atom is 0.271 e. The zero-order chi connectivity index (χ0) is 17.8. The molecule has 0 aliphatic carbocycles. The Morgan fingerprint density at radius 3 is 2.60 bits per heavy atom. The molecule has 7 nitrogen and oxygen atoms in total. The van der Waals surface area contributed by atoms with E-state index in [4.69, 9.17) is 5.73 Å². The van der Waals surface area contributed by atoms with Gasteiger partial charge in [0.05, 0.1) is 6.21 Å². The molecule has 1 aromatic heterocycles. The minimum atomic E-state index is -0.440. The minimum absolute atomic E-state index is 0.0637. The largest absolute Gasteiger partial charge is 0.508 e. The highest BCUT2D eigenvalue weighted by Gasteiger charge is 2.08.